The van der Waals surface area contributed by atoms with Crippen LogP contribution in [0.4, 0.5) is 0 Å². The Balaban J connectivity index is 1.75. The summed E-state index contributed by atoms with van der Waals surface area (Å²) >= 11 is 0. The Morgan fingerprint density at radius 1 is 1.03 bits per heavy atom. The molecule has 1 aromatic carbocycles. The average Bonchev–Trinajstić information content (AvgIpc) is 2.68. The molecular formula is C19H31N3O6S2. The molecule has 0 saturated carbocycles. The third-order valence-corrected chi connectivity index (χ3v) is 8.07. The van der Waals surface area contributed by atoms with Crippen molar-refractivity contribution in [2.45, 2.75) is 37.5 Å². The van der Waals surface area contributed by atoms with E-state index in [9.17, 15) is 21.6 Å². The van der Waals surface area contributed by atoms with Crippen molar-refractivity contribution in [2.75, 3.05) is 45.1 Å². The number of nitrogens with zero attached hydrogens (tertiary/aromatic N) is 1. The summed E-state index contributed by atoms with van der Waals surface area (Å²) < 4.78 is 58.0. The summed E-state index contributed by atoms with van der Waals surface area (Å²) in [6.07, 6.45) is -0.0864. The minimum atomic E-state index is -3.72. The molecule has 30 heavy (non-hydrogen) atoms. The van der Waals surface area contributed by atoms with Crippen LogP contribution in [0.3, 0.4) is 0 Å². The van der Waals surface area contributed by atoms with Crippen LogP contribution in [0, 0.1) is 0 Å². The fraction of sp³-hybridized carbons (Fsp3) is 0.632. The summed E-state index contributed by atoms with van der Waals surface area (Å²) in [5.74, 6) is -0.622. The lowest BCUT2D eigenvalue weighted by Crippen LogP contribution is -2.44. The molecule has 0 unspecified atom stereocenters. The van der Waals surface area contributed by atoms with Crippen LogP contribution in [0.25, 0.3) is 0 Å². The van der Waals surface area contributed by atoms with Crippen LogP contribution in [0.1, 0.15) is 32.8 Å². The maximum atomic E-state index is 12.4. The molecule has 0 aromatic heterocycles. The van der Waals surface area contributed by atoms with Gasteiger partial charge in [0.2, 0.25) is 26.0 Å². The Morgan fingerprint density at radius 2 is 1.63 bits per heavy atom. The molecule has 1 saturated heterocycles. The summed E-state index contributed by atoms with van der Waals surface area (Å²) in [4.78, 5) is 12.0. The van der Waals surface area contributed by atoms with Gasteiger partial charge in [0.1, 0.15) is 0 Å². The minimum absolute atomic E-state index is 0.0282. The lowest BCUT2D eigenvalue weighted by molar-refractivity contribution is -0.120. The molecular weight excluding hydrogens is 430 g/mol. The Kier molecular flexibility index (Phi) is 8.40. The van der Waals surface area contributed by atoms with Crippen LogP contribution in [-0.2, 0) is 35.0 Å². The second-order valence-corrected chi connectivity index (χ2v) is 12.0. The van der Waals surface area contributed by atoms with Crippen molar-refractivity contribution in [3.8, 4) is 0 Å². The van der Waals surface area contributed by atoms with Crippen LogP contribution in [0.5, 0.6) is 0 Å². The van der Waals surface area contributed by atoms with Crippen LogP contribution >= 0.6 is 0 Å². The van der Waals surface area contributed by atoms with Gasteiger partial charge in [-0.25, -0.2) is 21.6 Å². The van der Waals surface area contributed by atoms with Crippen LogP contribution in [0.15, 0.2) is 29.2 Å². The summed E-state index contributed by atoms with van der Waals surface area (Å²) in [6, 6.07) is 6.63. The smallest absolute Gasteiger partial charge is 0.240 e. The summed E-state index contributed by atoms with van der Waals surface area (Å²) in [5.41, 5.74) is 0.941. The number of hydrogen-bond donors (Lipinski definition) is 2. The molecule has 0 aliphatic carbocycles. The Morgan fingerprint density at radius 3 is 2.20 bits per heavy atom. The van der Waals surface area contributed by atoms with Gasteiger partial charge in [-0.3, -0.25) is 4.79 Å². The number of morpholine rings is 1. The van der Waals surface area contributed by atoms with Gasteiger partial charge in [-0.15, -0.1) is 0 Å². The molecule has 0 spiro atoms. The predicted molar refractivity (Wildman–Crippen MR) is 114 cm³/mol. The minimum Gasteiger partial charge on any atom is -0.379 e. The molecule has 9 nitrogen and oxygen atoms in total. The van der Waals surface area contributed by atoms with E-state index in [1.165, 1.54) is 4.31 Å². The number of sulfonamides is 2. The van der Waals surface area contributed by atoms with Gasteiger partial charge in [-0.2, -0.15) is 4.31 Å². The second kappa shape index (κ2) is 10.2. The Hall–Kier alpha value is -1.53. The van der Waals surface area contributed by atoms with E-state index in [0.717, 1.165) is 5.56 Å². The second-order valence-electron chi connectivity index (χ2n) is 8.10. The molecule has 2 rings (SSSR count). The summed E-state index contributed by atoms with van der Waals surface area (Å²) in [5, 5.41) is 2.52. The zero-order valence-electron chi connectivity index (χ0n) is 17.7. The molecule has 0 bridgehead atoms. The van der Waals surface area contributed by atoms with Crippen molar-refractivity contribution < 1.29 is 26.4 Å². The van der Waals surface area contributed by atoms with E-state index in [0.29, 0.717) is 26.3 Å². The van der Waals surface area contributed by atoms with Crippen molar-refractivity contribution in [2.24, 2.45) is 0 Å². The number of nitrogens with one attached hydrogen (secondary N) is 2. The first-order valence-corrected chi connectivity index (χ1v) is 12.9. The average molecular weight is 462 g/mol. The maximum Gasteiger partial charge on any atom is 0.240 e. The lowest BCUT2D eigenvalue weighted by atomic mass is 9.87. The molecule has 11 heteroatoms. The van der Waals surface area contributed by atoms with Crippen molar-refractivity contribution >= 4 is 26.0 Å². The van der Waals surface area contributed by atoms with E-state index < -0.39 is 26.0 Å². The molecule has 1 heterocycles. The fourth-order valence-electron chi connectivity index (χ4n) is 2.88. The first-order chi connectivity index (χ1) is 13.9. The van der Waals surface area contributed by atoms with Crippen molar-refractivity contribution in [1.29, 1.82) is 0 Å². The molecule has 1 amide bonds. The largest absolute Gasteiger partial charge is 0.379 e. The number of ether oxygens (including phenoxy) is 1. The standard InChI is InChI=1S/C19H31N3O6S2/c1-19(2,3)16-4-6-17(7-5-16)30(26,27)21-9-8-18(23)20-10-15-29(24,25)22-11-13-28-14-12-22/h4-7,21H,8-15H2,1-3H3,(H,20,23). The van der Waals surface area contributed by atoms with E-state index in [4.69, 9.17) is 4.74 Å². The maximum absolute atomic E-state index is 12.4. The molecule has 1 aromatic rings. The summed E-state index contributed by atoms with van der Waals surface area (Å²) in [6.45, 7) is 7.38. The van der Waals surface area contributed by atoms with Gasteiger partial charge in [0.05, 0.1) is 23.9 Å². The highest BCUT2D eigenvalue weighted by Gasteiger charge is 2.24. The van der Waals surface area contributed by atoms with Crippen LogP contribution in [-0.4, -0.2) is 72.2 Å². The highest BCUT2D eigenvalue weighted by Crippen LogP contribution is 2.23. The molecule has 1 aliphatic rings. The molecule has 1 fully saturated rings. The van der Waals surface area contributed by atoms with Gasteiger partial charge >= 0.3 is 0 Å². The molecule has 170 valence electrons. The number of benzene rings is 1. The van der Waals surface area contributed by atoms with Crippen molar-refractivity contribution in [3.63, 3.8) is 0 Å². The SMILES string of the molecule is CC(C)(C)c1ccc(S(=O)(=O)NCCC(=O)NCCS(=O)(=O)N2CCOCC2)cc1. The molecule has 2 N–H and O–H groups in total. The summed E-state index contributed by atoms with van der Waals surface area (Å²) in [7, 11) is -7.17. The fourth-order valence-corrected chi connectivity index (χ4v) is 5.23. The van der Waals surface area contributed by atoms with Gasteiger partial charge in [0.15, 0.2) is 0 Å². The number of carbonyl (C=O) groups is 1. The molecule has 0 atom stereocenters. The number of rotatable bonds is 9. The van der Waals surface area contributed by atoms with Gasteiger partial charge in [0, 0.05) is 32.6 Å². The first kappa shape index (κ1) is 24.7. The zero-order valence-corrected chi connectivity index (χ0v) is 19.3. The predicted octanol–water partition coefficient (Wildman–Crippen LogP) is 0.431. The topological polar surface area (TPSA) is 122 Å². The van der Waals surface area contributed by atoms with E-state index in [1.807, 2.05) is 20.8 Å². The van der Waals surface area contributed by atoms with Gasteiger partial charge in [0.25, 0.3) is 0 Å². The lowest BCUT2D eigenvalue weighted by Gasteiger charge is -2.26. The quantitative estimate of drug-likeness (QED) is 0.550. The van der Waals surface area contributed by atoms with Gasteiger partial charge < -0.3 is 10.1 Å². The van der Waals surface area contributed by atoms with Gasteiger partial charge in [-0.1, -0.05) is 32.9 Å². The van der Waals surface area contributed by atoms with E-state index >= 15 is 0 Å². The third kappa shape index (κ3) is 7.31. The monoisotopic (exact) mass is 461 g/mol. The Labute approximate surface area is 179 Å². The Bertz CT molecular complexity index is 916. The number of carbonyl (C=O) groups excluding carboxylic acids is 1. The highest BCUT2D eigenvalue weighted by atomic mass is 32.2. The van der Waals surface area contributed by atoms with Crippen LogP contribution < -0.4 is 10.0 Å². The zero-order chi connectivity index (χ0) is 22.4. The van der Waals surface area contributed by atoms with Crippen molar-refractivity contribution in [1.82, 2.24) is 14.3 Å². The first-order valence-electron chi connectivity index (χ1n) is 9.84. The van der Waals surface area contributed by atoms with Gasteiger partial charge in [-0.05, 0) is 23.1 Å². The van der Waals surface area contributed by atoms with E-state index in [1.54, 1.807) is 24.3 Å². The number of hydrogen-bond acceptors (Lipinski definition) is 6. The van der Waals surface area contributed by atoms with E-state index in [-0.39, 0.29) is 35.6 Å². The molecule has 1 aliphatic heterocycles. The highest BCUT2D eigenvalue weighted by molar-refractivity contribution is 7.89. The normalized spacial score (nSPS) is 16.4. The number of amides is 1. The third-order valence-electron chi connectivity index (χ3n) is 4.72. The van der Waals surface area contributed by atoms with E-state index in [2.05, 4.69) is 10.0 Å². The molecule has 0 radical (unpaired) electrons. The van der Waals surface area contributed by atoms with Crippen LogP contribution in [0.2, 0.25) is 0 Å². The van der Waals surface area contributed by atoms with Crippen molar-refractivity contribution in [3.05, 3.63) is 29.8 Å².